The molecule has 2 heteroatoms. The number of Topliss-reactive ketones (excluding diaryl/α,β-unsaturated/α-hetero) is 1. The highest BCUT2D eigenvalue weighted by atomic mass is 16.1. The second-order valence-corrected chi connectivity index (χ2v) is 4.13. The van der Waals surface area contributed by atoms with Gasteiger partial charge in [-0.15, -0.1) is 0 Å². The summed E-state index contributed by atoms with van der Waals surface area (Å²) in [5.41, 5.74) is 1.78. The summed E-state index contributed by atoms with van der Waals surface area (Å²) in [7, 11) is 0. The number of hydrogen-bond donors (Lipinski definition) is 0. The van der Waals surface area contributed by atoms with Crippen LogP contribution in [0.25, 0.3) is 0 Å². The zero-order valence-corrected chi connectivity index (χ0v) is 9.49. The summed E-state index contributed by atoms with van der Waals surface area (Å²) in [5, 5.41) is 0. The second kappa shape index (κ2) is 4.85. The number of benzene rings is 1. The van der Waals surface area contributed by atoms with Crippen LogP contribution in [-0.4, -0.2) is 23.8 Å². The Morgan fingerprint density at radius 3 is 2.75 bits per heavy atom. The van der Waals surface area contributed by atoms with E-state index in [1.54, 1.807) is 0 Å². The highest BCUT2D eigenvalue weighted by Crippen LogP contribution is 2.06. The number of carbonyl (C=O) groups excluding carboxylic acids is 1. The van der Waals surface area contributed by atoms with Gasteiger partial charge in [-0.3, -0.25) is 4.79 Å². The van der Waals surface area contributed by atoms with E-state index in [1.165, 1.54) is 12.8 Å². The third-order valence-corrected chi connectivity index (χ3v) is 2.71. The van der Waals surface area contributed by atoms with Crippen molar-refractivity contribution in [1.29, 1.82) is 0 Å². The first-order valence-corrected chi connectivity index (χ1v) is 5.63. The lowest BCUT2D eigenvalue weighted by Crippen LogP contribution is -2.12. The summed E-state index contributed by atoms with van der Waals surface area (Å²) in [6, 6.07) is 10.5. The lowest BCUT2D eigenvalue weighted by molar-refractivity contribution is 0.105. The molecule has 0 radical (unpaired) electrons. The Bertz CT molecular complexity index is 447. The summed E-state index contributed by atoms with van der Waals surface area (Å²) >= 11 is 0. The minimum Gasteiger partial charge on any atom is -0.332 e. The zero-order valence-electron chi connectivity index (χ0n) is 9.49. The maximum atomic E-state index is 11.8. The summed E-state index contributed by atoms with van der Waals surface area (Å²) in [6.07, 6.45) is 2.38. The third-order valence-electron chi connectivity index (χ3n) is 2.71. The van der Waals surface area contributed by atoms with Gasteiger partial charge in [0.25, 0.3) is 0 Å². The number of likely N-dealkylation sites (tertiary alicyclic amines) is 1. The SMILES string of the molecule is Cc1cccc(C(=O)C#CN2CCCC2)c1. The van der Waals surface area contributed by atoms with Crippen molar-refractivity contribution in [2.24, 2.45) is 0 Å². The quantitative estimate of drug-likeness (QED) is 0.526. The predicted molar refractivity (Wildman–Crippen MR) is 64.1 cm³/mol. The van der Waals surface area contributed by atoms with E-state index >= 15 is 0 Å². The average molecular weight is 213 g/mol. The molecule has 1 aliphatic heterocycles. The number of ketones is 1. The molecule has 0 N–H and O–H groups in total. The molecule has 16 heavy (non-hydrogen) atoms. The first-order valence-electron chi connectivity index (χ1n) is 5.63. The molecule has 0 atom stereocenters. The number of carbonyl (C=O) groups is 1. The minimum atomic E-state index is -0.0874. The summed E-state index contributed by atoms with van der Waals surface area (Å²) in [4.78, 5) is 13.8. The van der Waals surface area contributed by atoms with E-state index in [0.717, 1.165) is 18.7 Å². The van der Waals surface area contributed by atoms with Crippen LogP contribution in [-0.2, 0) is 0 Å². The van der Waals surface area contributed by atoms with Gasteiger partial charge in [-0.2, -0.15) is 0 Å². The van der Waals surface area contributed by atoms with Crippen LogP contribution in [0.5, 0.6) is 0 Å². The van der Waals surface area contributed by atoms with Crippen LogP contribution in [0.4, 0.5) is 0 Å². The average Bonchev–Trinajstić information content (AvgIpc) is 2.78. The summed E-state index contributed by atoms with van der Waals surface area (Å²) in [5.74, 6) is 2.62. The molecule has 0 aromatic heterocycles. The fourth-order valence-corrected chi connectivity index (χ4v) is 1.82. The molecule has 0 spiro atoms. The molecule has 1 heterocycles. The van der Waals surface area contributed by atoms with E-state index < -0.39 is 0 Å². The molecule has 1 aliphatic rings. The Morgan fingerprint density at radius 1 is 1.31 bits per heavy atom. The molecular weight excluding hydrogens is 198 g/mol. The maximum Gasteiger partial charge on any atom is 0.237 e. The molecule has 1 aromatic carbocycles. The van der Waals surface area contributed by atoms with Gasteiger partial charge in [0.15, 0.2) is 0 Å². The number of hydrogen-bond acceptors (Lipinski definition) is 2. The van der Waals surface area contributed by atoms with Gasteiger partial charge in [0.1, 0.15) is 0 Å². The normalized spacial score (nSPS) is 14.4. The minimum absolute atomic E-state index is 0.0874. The van der Waals surface area contributed by atoms with Gasteiger partial charge in [-0.05, 0) is 31.8 Å². The molecule has 0 bridgehead atoms. The van der Waals surface area contributed by atoms with Gasteiger partial charge in [-0.1, -0.05) is 23.8 Å². The van der Waals surface area contributed by atoms with Crippen molar-refractivity contribution in [2.45, 2.75) is 19.8 Å². The standard InChI is InChI=1S/C14H15NO/c1-12-5-4-6-13(11-12)14(16)7-10-15-8-2-3-9-15/h4-6,11H,2-3,8-9H2,1H3. The molecule has 0 amide bonds. The number of aryl methyl sites for hydroxylation is 1. The molecule has 1 fully saturated rings. The van der Waals surface area contributed by atoms with Gasteiger partial charge in [0.2, 0.25) is 5.78 Å². The highest BCUT2D eigenvalue weighted by Gasteiger charge is 2.07. The van der Waals surface area contributed by atoms with Crippen molar-refractivity contribution in [3.05, 3.63) is 35.4 Å². The summed E-state index contributed by atoms with van der Waals surface area (Å²) < 4.78 is 0. The molecular formula is C14H15NO. The van der Waals surface area contributed by atoms with E-state index in [9.17, 15) is 4.79 Å². The van der Waals surface area contributed by atoms with Gasteiger partial charge < -0.3 is 4.90 Å². The largest absolute Gasteiger partial charge is 0.332 e. The molecule has 0 aliphatic carbocycles. The molecule has 2 nitrogen and oxygen atoms in total. The van der Waals surface area contributed by atoms with E-state index in [-0.39, 0.29) is 5.78 Å². The molecule has 82 valence electrons. The van der Waals surface area contributed by atoms with Gasteiger partial charge >= 0.3 is 0 Å². The Kier molecular flexibility index (Phi) is 3.26. The summed E-state index contributed by atoms with van der Waals surface area (Å²) in [6.45, 7) is 3.97. The van der Waals surface area contributed by atoms with Crippen molar-refractivity contribution in [2.75, 3.05) is 13.1 Å². The van der Waals surface area contributed by atoms with Crippen LogP contribution >= 0.6 is 0 Å². The molecule has 1 saturated heterocycles. The Hall–Kier alpha value is -1.75. The predicted octanol–water partition coefficient (Wildman–Crippen LogP) is 2.23. The van der Waals surface area contributed by atoms with Crippen molar-refractivity contribution in [1.82, 2.24) is 4.90 Å². The van der Waals surface area contributed by atoms with Crippen molar-refractivity contribution < 1.29 is 4.79 Å². The molecule has 0 unspecified atom stereocenters. The highest BCUT2D eigenvalue weighted by molar-refractivity contribution is 6.09. The lowest BCUT2D eigenvalue weighted by atomic mass is 10.1. The maximum absolute atomic E-state index is 11.8. The van der Waals surface area contributed by atoms with Gasteiger partial charge in [0, 0.05) is 24.7 Å². The zero-order chi connectivity index (χ0) is 11.4. The molecule has 2 rings (SSSR count). The smallest absolute Gasteiger partial charge is 0.237 e. The third kappa shape index (κ3) is 2.64. The Balaban J connectivity index is 2.07. The van der Waals surface area contributed by atoms with Crippen LogP contribution in [0, 0.1) is 18.9 Å². The van der Waals surface area contributed by atoms with Crippen molar-refractivity contribution in [3.63, 3.8) is 0 Å². The fraction of sp³-hybridized carbons (Fsp3) is 0.357. The lowest BCUT2D eigenvalue weighted by Gasteiger charge is -2.05. The van der Waals surface area contributed by atoms with Crippen LogP contribution in [0.2, 0.25) is 0 Å². The topological polar surface area (TPSA) is 20.3 Å². The van der Waals surface area contributed by atoms with E-state index in [0.29, 0.717) is 5.56 Å². The second-order valence-electron chi connectivity index (χ2n) is 4.13. The first-order chi connectivity index (χ1) is 7.75. The van der Waals surface area contributed by atoms with E-state index in [1.807, 2.05) is 36.1 Å². The van der Waals surface area contributed by atoms with Crippen LogP contribution in [0.15, 0.2) is 24.3 Å². The Morgan fingerprint density at radius 2 is 2.06 bits per heavy atom. The van der Waals surface area contributed by atoms with Crippen molar-refractivity contribution in [3.8, 4) is 12.0 Å². The van der Waals surface area contributed by atoms with E-state index in [4.69, 9.17) is 0 Å². The monoisotopic (exact) mass is 213 g/mol. The fourth-order valence-electron chi connectivity index (χ4n) is 1.82. The first kappa shape index (κ1) is 10.8. The van der Waals surface area contributed by atoms with Crippen LogP contribution in [0.1, 0.15) is 28.8 Å². The number of rotatable bonds is 1. The van der Waals surface area contributed by atoms with E-state index in [2.05, 4.69) is 12.0 Å². The van der Waals surface area contributed by atoms with Crippen molar-refractivity contribution >= 4 is 5.78 Å². The Labute approximate surface area is 96.3 Å². The van der Waals surface area contributed by atoms with Crippen LogP contribution in [0.3, 0.4) is 0 Å². The molecule has 0 saturated carbocycles. The number of nitrogens with zero attached hydrogens (tertiary/aromatic N) is 1. The van der Waals surface area contributed by atoms with Gasteiger partial charge in [-0.25, -0.2) is 0 Å². The van der Waals surface area contributed by atoms with Gasteiger partial charge in [0.05, 0.1) is 0 Å². The molecule has 1 aromatic rings. The van der Waals surface area contributed by atoms with Crippen LogP contribution < -0.4 is 0 Å².